The monoisotopic (exact) mass is 427 g/mol. The first kappa shape index (κ1) is 20.2. The van der Waals surface area contributed by atoms with E-state index in [4.69, 9.17) is 4.74 Å². The summed E-state index contributed by atoms with van der Waals surface area (Å²) in [4.78, 5) is 17.0. The third-order valence-corrected chi connectivity index (χ3v) is 4.51. The smallest absolute Gasteiger partial charge is 0.416 e. The average molecular weight is 427 g/mol. The van der Waals surface area contributed by atoms with Crippen LogP contribution < -0.4 is 15.4 Å². The van der Waals surface area contributed by atoms with Gasteiger partial charge in [-0.15, -0.1) is 0 Å². The summed E-state index contributed by atoms with van der Waals surface area (Å²) in [6.45, 7) is 0. The van der Waals surface area contributed by atoms with Crippen LogP contribution in [-0.2, 0) is 6.18 Å². The molecule has 0 unspecified atom stereocenters. The Hall–Kier alpha value is -4.08. The van der Waals surface area contributed by atoms with Gasteiger partial charge in [0.15, 0.2) is 5.82 Å². The van der Waals surface area contributed by atoms with Gasteiger partial charge in [-0.1, -0.05) is 6.07 Å². The van der Waals surface area contributed by atoms with Crippen LogP contribution in [-0.4, -0.2) is 28.2 Å². The molecule has 4 rings (SSSR count). The summed E-state index contributed by atoms with van der Waals surface area (Å²) in [5.74, 6) is 0.526. The van der Waals surface area contributed by atoms with Gasteiger partial charge in [0.25, 0.3) is 5.91 Å². The van der Waals surface area contributed by atoms with Gasteiger partial charge in [0.2, 0.25) is 0 Å². The first-order valence-corrected chi connectivity index (χ1v) is 9.08. The number of nitrogens with one attached hydrogen (secondary N) is 3. The van der Waals surface area contributed by atoms with E-state index in [9.17, 15) is 18.0 Å². The van der Waals surface area contributed by atoms with Gasteiger partial charge in [-0.2, -0.15) is 18.3 Å². The number of benzene rings is 2. The quantitative estimate of drug-likeness (QED) is 0.418. The average Bonchev–Trinajstić information content (AvgIpc) is 3.15. The van der Waals surface area contributed by atoms with E-state index >= 15 is 0 Å². The number of aromatic amines is 1. The zero-order valence-corrected chi connectivity index (χ0v) is 16.1. The van der Waals surface area contributed by atoms with Gasteiger partial charge in [-0.25, -0.2) is 4.98 Å². The van der Waals surface area contributed by atoms with E-state index in [0.29, 0.717) is 22.5 Å². The Kier molecular flexibility index (Phi) is 5.20. The van der Waals surface area contributed by atoms with Gasteiger partial charge in [0.1, 0.15) is 11.6 Å². The second-order valence-corrected chi connectivity index (χ2v) is 6.54. The number of rotatable bonds is 5. The highest BCUT2D eigenvalue weighted by Crippen LogP contribution is 2.32. The molecule has 0 radical (unpaired) electrons. The van der Waals surface area contributed by atoms with Crippen LogP contribution in [0.25, 0.3) is 10.9 Å². The topological polar surface area (TPSA) is 91.9 Å². The van der Waals surface area contributed by atoms with E-state index in [1.807, 2.05) is 0 Å². The maximum Gasteiger partial charge on any atom is 0.416 e. The lowest BCUT2D eigenvalue weighted by Gasteiger charge is -2.12. The number of pyridine rings is 1. The molecule has 2 aromatic heterocycles. The zero-order valence-electron chi connectivity index (χ0n) is 16.1. The van der Waals surface area contributed by atoms with E-state index < -0.39 is 17.6 Å². The predicted molar refractivity (Wildman–Crippen MR) is 110 cm³/mol. The van der Waals surface area contributed by atoms with Crippen molar-refractivity contribution in [2.24, 2.45) is 0 Å². The number of nitrogens with zero attached hydrogens (tertiary/aromatic N) is 2. The second-order valence-electron chi connectivity index (χ2n) is 6.54. The van der Waals surface area contributed by atoms with Crippen molar-refractivity contribution < 1.29 is 22.7 Å². The number of anilines is 3. The number of carbonyl (C=O) groups is 1. The molecule has 2 aromatic carbocycles. The van der Waals surface area contributed by atoms with Crippen LogP contribution in [0.15, 0.2) is 60.8 Å². The molecule has 31 heavy (non-hydrogen) atoms. The Morgan fingerprint density at radius 2 is 1.90 bits per heavy atom. The molecule has 0 aliphatic rings. The summed E-state index contributed by atoms with van der Waals surface area (Å²) in [6.07, 6.45) is -3.05. The van der Waals surface area contributed by atoms with Gasteiger partial charge in [-0.05, 0) is 42.5 Å². The summed E-state index contributed by atoms with van der Waals surface area (Å²) in [6, 6.07) is 12.9. The highest BCUT2D eigenvalue weighted by atomic mass is 19.4. The maximum atomic E-state index is 13.0. The number of hydrogen-bond donors (Lipinski definition) is 3. The van der Waals surface area contributed by atoms with Crippen molar-refractivity contribution in [1.29, 1.82) is 0 Å². The lowest BCUT2D eigenvalue weighted by atomic mass is 10.1. The number of fused-ring (bicyclic) bond motifs is 1. The zero-order chi connectivity index (χ0) is 22.0. The highest BCUT2D eigenvalue weighted by Gasteiger charge is 2.30. The molecule has 1 amide bonds. The van der Waals surface area contributed by atoms with Gasteiger partial charge in [0.05, 0.1) is 23.8 Å². The number of alkyl halides is 3. The number of amides is 1. The van der Waals surface area contributed by atoms with Crippen molar-refractivity contribution in [1.82, 2.24) is 15.2 Å². The fraction of sp³-hybridized carbons (Fsp3) is 0.0952. The minimum atomic E-state index is -4.48. The normalized spacial score (nSPS) is 11.4. The fourth-order valence-electron chi connectivity index (χ4n) is 2.99. The van der Waals surface area contributed by atoms with Crippen molar-refractivity contribution in [2.75, 3.05) is 17.7 Å². The first-order valence-electron chi connectivity index (χ1n) is 9.08. The van der Waals surface area contributed by atoms with E-state index in [2.05, 4.69) is 25.8 Å². The van der Waals surface area contributed by atoms with Crippen molar-refractivity contribution in [3.05, 3.63) is 71.9 Å². The van der Waals surface area contributed by atoms with Crippen LogP contribution in [0.4, 0.5) is 30.5 Å². The van der Waals surface area contributed by atoms with Crippen LogP contribution >= 0.6 is 0 Å². The van der Waals surface area contributed by atoms with Crippen molar-refractivity contribution in [3.8, 4) is 5.75 Å². The Morgan fingerprint density at radius 3 is 2.68 bits per heavy atom. The largest absolute Gasteiger partial charge is 0.497 e. The van der Waals surface area contributed by atoms with E-state index in [0.717, 1.165) is 12.1 Å². The summed E-state index contributed by atoms with van der Waals surface area (Å²) >= 11 is 0. The molecule has 0 saturated carbocycles. The number of aromatic nitrogens is 3. The molecular formula is C21H16F3N5O2. The molecule has 0 bridgehead atoms. The molecule has 158 valence electrons. The molecule has 2 heterocycles. The molecule has 0 atom stereocenters. The molecule has 4 aromatic rings. The molecule has 10 heteroatoms. The number of halogens is 3. The van der Waals surface area contributed by atoms with Crippen molar-refractivity contribution in [2.45, 2.75) is 6.18 Å². The van der Waals surface area contributed by atoms with Gasteiger partial charge < -0.3 is 15.4 Å². The van der Waals surface area contributed by atoms with E-state index in [1.165, 1.54) is 24.4 Å². The lowest BCUT2D eigenvalue weighted by molar-refractivity contribution is -0.137. The molecule has 7 nitrogen and oxygen atoms in total. The first-order chi connectivity index (χ1) is 14.8. The molecule has 0 saturated heterocycles. The van der Waals surface area contributed by atoms with Gasteiger partial charge >= 0.3 is 6.18 Å². The van der Waals surface area contributed by atoms with Crippen molar-refractivity contribution >= 4 is 34.1 Å². The standard InChI is InChI=1S/C21H16F3N5O2/c1-31-14-7-8-15-17(11-14)28-29-19(15)27-20(30)16-6-3-9-25-18(16)26-13-5-2-4-12(10-13)21(22,23)24/h2-11H,1H3,(H,25,26)(H2,27,28,29,30). The van der Waals surface area contributed by atoms with Gasteiger partial charge in [-0.3, -0.25) is 9.89 Å². The Balaban J connectivity index is 1.59. The summed E-state index contributed by atoms with van der Waals surface area (Å²) in [5, 5.41) is 13.1. The summed E-state index contributed by atoms with van der Waals surface area (Å²) in [5.41, 5.74) is 0.158. The number of methoxy groups -OCH3 is 1. The summed E-state index contributed by atoms with van der Waals surface area (Å²) in [7, 11) is 1.54. The molecule has 0 fully saturated rings. The SMILES string of the molecule is COc1ccc2c(NC(=O)c3cccnc3Nc3cccc(C(F)(F)F)c3)n[nH]c2c1. The van der Waals surface area contributed by atoms with E-state index in [-0.39, 0.29) is 17.1 Å². The Bertz CT molecular complexity index is 1250. The number of H-pyrrole nitrogens is 1. The molecule has 3 N–H and O–H groups in total. The Labute approximate surface area is 174 Å². The van der Waals surface area contributed by atoms with E-state index in [1.54, 1.807) is 31.4 Å². The molecular weight excluding hydrogens is 411 g/mol. The van der Waals surface area contributed by atoms with Crippen molar-refractivity contribution in [3.63, 3.8) is 0 Å². The molecule has 0 aliphatic heterocycles. The maximum absolute atomic E-state index is 13.0. The highest BCUT2D eigenvalue weighted by molar-refractivity contribution is 6.10. The molecule has 0 spiro atoms. The van der Waals surface area contributed by atoms with Crippen LogP contribution in [0, 0.1) is 0 Å². The van der Waals surface area contributed by atoms with Crippen LogP contribution in [0.2, 0.25) is 0 Å². The second kappa shape index (κ2) is 7.98. The number of carbonyl (C=O) groups excluding carboxylic acids is 1. The fourth-order valence-corrected chi connectivity index (χ4v) is 2.99. The predicted octanol–water partition coefficient (Wildman–Crippen LogP) is 4.98. The third kappa shape index (κ3) is 4.27. The van der Waals surface area contributed by atoms with Crippen LogP contribution in [0.5, 0.6) is 5.75 Å². The van der Waals surface area contributed by atoms with Gasteiger partial charge in [0, 0.05) is 23.3 Å². The lowest BCUT2D eigenvalue weighted by Crippen LogP contribution is -2.15. The molecule has 0 aliphatic carbocycles. The minimum Gasteiger partial charge on any atom is -0.497 e. The van der Waals surface area contributed by atoms with Crippen LogP contribution in [0.1, 0.15) is 15.9 Å². The number of hydrogen-bond acceptors (Lipinski definition) is 5. The van der Waals surface area contributed by atoms with Crippen LogP contribution in [0.3, 0.4) is 0 Å². The summed E-state index contributed by atoms with van der Waals surface area (Å²) < 4.78 is 44.1. The third-order valence-electron chi connectivity index (χ3n) is 4.51. The minimum absolute atomic E-state index is 0.112. The number of ether oxygens (including phenoxy) is 1. The Morgan fingerprint density at radius 1 is 1.06 bits per heavy atom.